The molecule has 4 unspecified atom stereocenters. The van der Waals surface area contributed by atoms with Crippen molar-refractivity contribution in [2.24, 2.45) is 76.6 Å². The molecule has 26 heteroatoms. The number of carbonyl (C=O) groups is 6. The van der Waals surface area contributed by atoms with Gasteiger partial charge < -0.3 is 78.2 Å². The maximum absolute atomic E-state index is 14.0. The molecule has 0 fully saturated rings. The zero-order chi connectivity index (χ0) is 51.6. The molecule has 382 valence electrons. The van der Waals surface area contributed by atoms with Gasteiger partial charge in [0.25, 0.3) is 12.2 Å². The second-order valence-corrected chi connectivity index (χ2v) is 16.6. The van der Waals surface area contributed by atoms with Gasteiger partial charge in [0.2, 0.25) is 35.2 Å². The van der Waals surface area contributed by atoms with E-state index in [1.165, 1.54) is 11.8 Å². The van der Waals surface area contributed by atoms with Crippen molar-refractivity contribution in [3.8, 4) is 0 Å². The first kappa shape index (κ1) is 57.6. The van der Waals surface area contributed by atoms with Crippen LogP contribution in [-0.4, -0.2) is 133 Å². The average molecular weight is 968 g/mol. The lowest BCUT2D eigenvalue weighted by Crippen LogP contribution is -2.58. The number of fused-ring (bicyclic) bond motifs is 1. The summed E-state index contributed by atoms with van der Waals surface area (Å²) in [5, 5.41) is 13.6. The molecule has 0 radical (unpaired) electrons. The van der Waals surface area contributed by atoms with Crippen LogP contribution in [0.3, 0.4) is 0 Å². The zero-order valence-corrected chi connectivity index (χ0v) is 40.3. The quantitative estimate of drug-likeness (QED) is 0.0150. The maximum atomic E-state index is 14.0. The molecule has 0 saturated carbocycles. The van der Waals surface area contributed by atoms with Crippen LogP contribution in [0.25, 0.3) is 0 Å². The van der Waals surface area contributed by atoms with Crippen LogP contribution in [0.1, 0.15) is 99.3 Å². The van der Waals surface area contributed by atoms with Gasteiger partial charge in [-0.2, -0.15) is 4.58 Å². The molecule has 1 aromatic carbocycles. The molecule has 0 spiro atoms. The molecule has 26 nitrogen and oxygen atoms in total. The normalized spacial score (nSPS) is 13.7. The van der Waals surface area contributed by atoms with Crippen LogP contribution in [0, 0.1) is 27.7 Å². The fourth-order valence-electron chi connectivity index (χ4n) is 7.18. The van der Waals surface area contributed by atoms with E-state index in [4.69, 9.17) is 51.6 Å². The second-order valence-electron chi connectivity index (χ2n) is 16.6. The van der Waals surface area contributed by atoms with E-state index in [-0.39, 0.29) is 107 Å². The average Bonchev–Trinajstić information content (AvgIpc) is 3.70. The fraction of sp³-hybridized carbons (Fsp3) is 0.581. The van der Waals surface area contributed by atoms with Gasteiger partial charge in [-0.1, -0.05) is 6.42 Å². The van der Waals surface area contributed by atoms with Gasteiger partial charge in [0.15, 0.2) is 35.7 Å². The van der Waals surface area contributed by atoms with E-state index in [1.54, 1.807) is 10.9 Å². The lowest BCUT2D eigenvalue weighted by Gasteiger charge is -2.26. The van der Waals surface area contributed by atoms with Gasteiger partial charge in [-0.05, 0) is 108 Å². The van der Waals surface area contributed by atoms with Crippen molar-refractivity contribution < 1.29 is 33.3 Å². The Morgan fingerprint density at radius 2 is 0.942 bits per heavy atom. The van der Waals surface area contributed by atoms with Crippen LogP contribution in [-0.2, 0) is 28.8 Å². The Kier molecular flexibility index (Phi) is 25.0. The van der Waals surface area contributed by atoms with Crippen molar-refractivity contribution in [3.05, 3.63) is 22.3 Å². The van der Waals surface area contributed by atoms with E-state index < -0.39 is 53.7 Å². The molecule has 1 aliphatic rings. The predicted molar refractivity (Wildman–Crippen MR) is 268 cm³/mol. The van der Waals surface area contributed by atoms with Crippen LogP contribution in [0.15, 0.2) is 25.0 Å². The van der Waals surface area contributed by atoms with Crippen molar-refractivity contribution in [3.63, 3.8) is 0 Å². The Balaban J connectivity index is 2.17. The number of aliphatic imine (C=N–C) groups is 5. The van der Waals surface area contributed by atoms with E-state index >= 15 is 0 Å². The number of amides is 6. The van der Waals surface area contributed by atoms with Gasteiger partial charge in [0.1, 0.15) is 24.2 Å². The highest BCUT2D eigenvalue weighted by atomic mass is 16.2. The molecule has 1 heterocycles. The summed E-state index contributed by atoms with van der Waals surface area (Å²) in [7, 11) is 0. The predicted octanol–water partition coefficient (Wildman–Crippen LogP) is -3.38. The van der Waals surface area contributed by atoms with Crippen molar-refractivity contribution in [1.29, 1.82) is 0 Å². The molecule has 0 saturated heterocycles. The van der Waals surface area contributed by atoms with E-state index in [0.717, 1.165) is 28.1 Å². The van der Waals surface area contributed by atoms with Crippen LogP contribution in [0.4, 0.5) is 11.4 Å². The SMILES string of the molecule is Cc1c(C)c(C)c2c(c1C)N=C[N+]2=CC(=O)NCCCCCC(=O)NC(CCCN=C(N)N)C(=O)NC(CCCN=C(N)N)C(=O)NC(CCCN=C(N)N)C(=O)NC(CCCN=C(N)N)C(N)=O. The third kappa shape index (κ3) is 21.3. The summed E-state index contributed by atoms with van der Waals surface area (Å²) < 4.78 is 1.73. The Morgan fingerprint density at radius 1 is 0.536 bits per heavy atom. The third-order valence-corrected chi connectivity index (χ3v) is 11.2. The van der Waals surface area contributed by atoms with Crippen molar-refractivity contribution in [2.75, 3.05) is 32.7 Å². The number of primary amides is 1. The molecule has 6 amide bonds. The number of guanidine groups is 4. The summed E-state index contributed by atoms with van der Waals surface area (Å²) in [4.78, 5) is 100. The van der Waals surface area contributed by atoms with Crippen LogP contribution in [0.5, 0.6) is 0 Å². The summed E-state index contributed by atoms with van der Waals surface area (Å²) in [5.74, 6) is -4.39. The number of unbranched alkanes of at least 4 members (excludes halogenated alkanes) is 2. The van der Waals surface area contributed by atoms with E-state index in [0.29, 0.717) is 32.2 Å². The Morgan fingerprint density at radius 3 is 1.38 bits per heavy atom. The highest BCUT2D eigenvalue weighted by Crippen LogP contribution is 2.41. The van der Waals surface area contributed by atoms with Gasteiger partial charge in [0.05, 0.1) is 0 Å². The molecule has 69 heavy (non-hydrogen) atoms. The summed E-state index contributed by atoms with van der Waals surface area (Å²) in [6.07, 6.45) is 6.02. The third-order valence-electron chi connectivity index (χ3n) is 11.2. The standard InChI is InChI=1S/C43H74N20O6/c1-24-25(2)27(4)35-34(26(24)3)58-23-63(35)22-33(65)53-17-7-5-6-16-32(64)59-29(13-9-19-55-41(47)48)37(67)61-31(15-11-21-57-43(51)52)39(69)62-30(14-10-20-56-42(49)50)38(68)60-28(36(44)66)12-8-18-54-40(45)46/h22-23,28-31H,5-21H2,1-4H3,(H22-,44,45,46,47,48,49,50,51,52,53,54,55,56,57,59,60,61,62,64,65,66,67,68,69)/p+1. The lowest BCUT2D eigenvalue weighted by atomic mass is 9.96. The van der Waals surface area contributed by atoms with Crippen LogP contribution >= 0.6 is 0 Å². The first-order valence-electron chi connectivity index (χ1n) is 22.9. The highest BCUT2D eigenvalue weighted by Gasteiger charge is 2.32. The van der Waals surface area contributed by atoms with E-state index in [1.807, 2.05) is 20.8 Å². The van der Waals surface area contributed by atoms with Gasteiger partial charge in [0, 0.05) is 50.3 Å². The molecule has 23 N–H and O–H groups in total. The van der Waals surface area contributed by atoms with Gasteiger partial charge in [-0.3, -0.25) is 48.7 Å². The largest absolute Gasteiger partial charge is 0.370 e. The maximum Gasteiger partial charge on any atom is 0.292 e. The number of rotatable bonds is 31. The topological polar surface area (TPSA) is 462 Å². The molecule has 1 aliphatic heterocycles. The summed E-state index contributed by atoms with van der Waals surface area (Å²) in [6.45, 7) is 9.04. The minimum absolute atomic E-state index is 0.00591. The molecule has 4 atom stereocenters. The zero-order valence-electron chi connectivity index (χ0n) is 40.3. The Labute approximate surface area is 402 Å². The molecule has 0 aliphatic carbocycles. The minimum Gasteiger partial charge on any atom is -0.370 e. The first-order chi connectivity index (χ1) is 32.6. The number of nitrogens with zero attached hydrogens (tertiary/aromatic N) is 6. The number of nitrogens with two attached hydrogens (primary N) is 9. The molecular weight excluding hydrogens is 893 g/mol. The van der Waals surface area contributed by atoms with Crippen molar-refractivity contribution in [1.82, 2.24) is 26.6 Å². The molecule has 1 aromatic rings. The molecular formula is C43H75N20O6+. The summed E-state index contributed by atoms with van der Waals surface area (Å²) in [5.41, 5.74) is 55.4. The highest BCUT2D eigenvalue weighted by molar-refractivity contribution is 6.25. The van der Waals surface area contributed by atoms with Crippen molar-refractivity contribution >= 4 is 83.2 Å². The van der Waals surface area contributed by atoms with Crippen LogP contribution in [0.2, 0.25) is 0 Å². The van der Waals surface area contributed by atoms with Gasteiger partial charge in [-0.25, -0.2) is 0 Å². The molecule has 0 bridgehead atoms. The minimum atomic E-state index is -1.26. The fourth-order valence-corrected chi connectivity index (χ4v) is 7.18. The summed E-state index contributed by atoms with van der Waals surface area (Å²) in [6, 6.07) is -4.76. The monoisotopic (exact) mass is 968 g/mol. The molecule has 0 aromatic heterocycles. The number of hydrogen-bond donors (Lipinski definition) is 14. The van der Waals surface area contributed by atoms with E-state index in [2.05, 4.69) is 58.5 Å². The number of benzene rings is 1. The number of carbonyl (C=O) groups excluding carboxylic acids is 6. The first-order valence-corrected chi connectivity index (χ1v) is 22.9. The number of nitrogens with one attached hydrogen (secondary N) is 5. The van der Waals surface area contributed by atoms with Gasteiger partial charge in [-0.15, -0.1) is 0 Å². The smallest absolute Gasteiger partial charge is 0.292 e. The van der Waals surface area contributed by atoms with Gasteiger partial charge >= 0.3 is 0 Å². The second kappa shape index (κ2) is 30.0. The van der Waals surface area contributed by atoms with E-state index in [9.17, 15) is 28.8 Å². The molecule has 2 rings (SSSR count). The van der Waals surface area contributed by atoms with Crippen molar-refractivity contribution in [2.45, 2.75) is 129 Å². The summed E-state index contributed by atoms with van der Waals surface area (Å²) >= 11 is 0. The number of hydrogen-bond acceptors (Lipinski definition) is 11. The Bertz CT molecular complexity index is 2140. The van der Waals surface area contributed by atoms with Crippen LogP contribution < -0.4 is 78.2 Å². The lowest BCUT2D eigenvalue weighted by molar-refractivity contribution is -0.283. The Hall–Kier alpha value is -7.54.